The van der Waals surface area contributed by atoms with Crippen LogP contribution in [0, 0.1) is 0 Å². The summed E-state index contributed by atoms with van der Waals surface area (Å²) >= 11 is 0. The molecule has 0 spiro atoms. The fourth-order valence-corrected chi connectivity index (χ4v) is 1.38. The molecule has 1 aromatic heterocycles. The maximum Gasteiger partial charge on any atom is 0.115 e. The molecule has 3 heteroatoms. The second kappa shape index (κ2) is 5.65. The van der Waals surface area contributed by atoms with Gasteiger partial charge >= 0.3 is 0 Å². The summed E-state index contributed by atoms with van der Waals surface area (Å²) in [6, 6.07) is 0.404. The molecular formula is C10H17N3. The molecule has 0 saturated heterocycles. The van der Waals surface area contributed by atoms with Crippen LogP contribution in [-0.2, 0) is 0 Å². The third-order valence-corrected chi connectivity index (χ3v) is 2.18. The zero-order valence-electron chi connectivity index (χ0n) is 8.33. The Kier molecular flexibility index (Phi) is 4.40. The fourth-order valence-electron chi connectivity index (χ4n) is 1.38. The first kappa shape index (κ1) is 10.1. The van der Waals surface area contributed by atoms with Gasteiger partial charge in [0.15, 0.2) is 0 Å². The minimum Gasteiger partial charge on any atom is -0.313 e. The van der Waals surface area contributed by atoms with Gasteiger partial charge in [-0.25, -0.2) is 9.97 Å². The zero-order valence-corrected chi connectivity index (χ0v) is 8.33. The maximum atomic E-state index is 4.01. The molecule has 0 bridgehead atoms. The van der Waals surface area contributed by atoms with Gasteiger partial charge in [-0.3, -0.25) is 0 Å². The smallest absolute Gasteiger partial charge is 0.115 e. The largest absolute Gasteiger partial charge is 0.313 e. The van der Waals surface area contributed by atoms with Gasteiger partial charge in [-0.2, -0.15) is 0 Å². The van der Waals surface area contributed by atoms with E-state index < -0.39 is 0 Å². The highest BCUT2D eigenvalue weighted by Crippen LogP contribution is 2.16. The molecule has 0 aromatic carbocycles. The number of unbranched alkanes of at least 4 members (excludes halogenated alkanes) is 1. The summed E-state index contributed by atoms with van der Waals surface area (Å²) in [5.74, 6) is 0. The molecule has 0 amide bonds. The van der Waals surface area contributed by atoms with E-state index in [9.17, 15) is 0 Å². The lowest BCUT2D eigenvalue weighted by Crippen LogP contribution is -2.16. The standard InChI is InChI=1S/C10H17N3/c1-3-4-5-10(11-2)9-6-12-8-13-7-9/h6-8,10-11H,3-5H2,1-2H3. The lowest BCUT2D eigenvalue weighted by molar-refractivity contribution is 0.520. The van der Waals surface area contributed by atoms with Crippen LogP contribution in [0.1, 0.15) is 37.8 Å². The summed E-state index contributed by atoms with van der Waals surface area (Å²) < 4.78 is 0. The van der Waals surface area contributed by atoms with Gasteiger partial charge in [-0.15, -0.1) is 0 Å². The first-order chi connectivity index (χ1) is 6.38. The van der Waals surface area contributed by atoms with Crippen LogP contribution in [0.5, 0.6) is 0 Å². The molecule has 1 atom stereocenters. The number of nitrogens with one attached hydrogen (secondary N) is 1. The molecule has 13 heavy (non-hydrogen) atoms. The van der Waals surface area contributed by atoms with Gasteiger partial charge in [-0.1, -0.05) is 19.8 Å². The predicted octanol–water partition coefficient (Wildman–Crippen LogP) is 1.93. The Morgan fingerprint density at radius 3 is 2.62 bits per heavy atom. The van der Waals surface area contributed by atoms with Crippen LogP contribution in [0.15, 0.2) is 18.7 Å². The molecule has 3 nitrogen and oxygen atoms in total. The molecule has 1 heterocycles. The van der Waals surface area contributed by atoms with Crippen molar-refractivity contribution in [2.24, 2.45) is 0 Å². The van der Waals surface area contributed by atoms with Gasteiger partial charge in [0.05, 0.1) is 0 Å². The van der Waals surface area contributed by atoms with Gasteiger partial charge in [0.1, 0.15) is 6.33 Å². The highest BCUT2D eigenvalue weighted by atomic mass is 14.9. The van der Waals surface area contributed by atoms with E-state index in [0.29, 0.717) is 6.04 Å². The normalized spacial score (nSPS) is 12.8. The van der Waals surface area contributed by atoms with Crippen molar-refractivity contribution in [2.75, 3.05) is 7.05 Å². The van der Waals surface area contributed by atoms with E-state index in [2.05, 4.69) is 22.2 Å². The molecule has 0 radical (unpaired) electrons. The van der Waals surface area contributed by atoms with Crippen LogP contribution < -0.4 is 5.32 Å². The van der Waals surface area contributed by atoms with Crippen molar-refractivity contribution >= 4 is 0 Å². The summed E-state index contributed by atoms with van der Waals surface area (Å²) in [5.41, 5.74) is 1.18. The minimum atomic E-state index is 0.404. The van der Waals surface area contributed by atoms with E-state index >= 15 is 0 Å². The van der Waals surface area contributed by atoms with Crippen LogP contribution in [-0.4, -0.2) is 17.0 Å². The quantitative estimate of drug-likeness (QED) is 0.750. The highest BCUT2D eigenvalue weighted by Gasteiger charge is 2.07. The third-order valence-electron chi connectivity index (χ3n) is 2.18. The number of aromatic nitrogens is 2. The lowest BCUT2D eigenvalue weighted by Gasteiger charge is -2.14. The monoisotopic (exact) mass is 179 g/mol. The average molecular weight is 179 g/mol. The molecular weight excluding hydrogens is 162 g/mol. The van der Waals surface area contributed by atoms with Gasteiger partial charge in [0.2, 0.25) is 0 Å². The summed E-state index contributed by atoms with van der Waals surface area (Å²) in [6.07, 6.45) is 8.94. The van der Waals surface area contributed by atoms with Crippen molar-refractivity contribution in [1.29, 1.82) is 0 Å². The Morgan fingerprint density at radius 2 is 2.08 bits per heavy atom. The zero-order chi connectivity index (χ0) is 9.52. The van der Waals surface area contributed by atoms with Crippen LogP contribution in [0.3, 0.4) is 0 Å². The van der Waals surface area contributed by atoms with Crippen LogP contribution in [0.4, 0.5) is 0 Å². The van der Waals surface area contributed by atoms with E-state index in [1.54, 1.807) is 6.33 Å². The second-order valence-corrected chi connectivity index (χ2v) is 3.16. The molecule has 72 valence electrons. The van der Waals surface area contributed by atoms with E-state index in [1.807, 2.05) is 19.4 Å². The Balaban J connectivity index is 2.56. The highest BCUT2D eigenvalue weighted by molar-refractivity contribution is 5.08. The Morgan fingerprint density at radius 1 is 1.38 bits per heavy atom. The average Bonchev–Trinajstić information content (AvgIpc) is 2.21. The summed E-state index contributed by atoms with van der Waals surface area (Å²) in [6.45, 7) is 2.20. The molecule has 0 saturated carbocycles. The molecule has 1 aromatic rings. The van der Waals surface area contributed by atoms with E-state index in [4.69, 9.17) is 0 Å². The number of hydrogen-bond acceptors (Lipinski definition) is 3. The van der Waals surface area contributed by atoms with Gasteiger partial charge in [0.25, 0.3) is 0 Å². The first-order valence-corrected chi connectivity index (χ1v) is 4.80. The predicted molar refractivity (Wildman–Crippen MR) is 53.4 cm³/mol. The number of nitrogens with zero attached hydrogens (tertiary/aromatic N) is 2. The fraction of sp³-hybridized carbons (Fsp3) is 0.600. The van der Waals surface area contributed by atoms with Crippen LogP contribution in [0.25, 0.3) is 0 Å². The molecule has 0 aliphatic rings. The minimum absolute atomic E-state index is 0.404. The summed E-state index contributed by atoms with van der Waals surface area (Å²) in [4.78, 5) is 8.02. The van der Waals surface area contributed by atoms with E-state index in [0.717, 1.165) is 6.42 Å². The van der Waals surface area contributed by atoms with Crippen molar-refractivity contribution < 1.29 is 0 Å². The van der Waals surface area contributed by atoms with Gasteiger partial charge in [0, 0.05) is 24.0 Å². The molecule has 0 aliphatic heterocycles. The summed E-state index contributed by atoms with van der Waals surface area (Å²) in [7, 11) is 1.98. The maximum absolute atomic E-state index is 4.01. The van der Waals surface area contributed by atoms with Gasteiger partial charge < -0.3 is 5.32 Å². The number of hydrogen-bond donors (Lipinski definition) is 1. The molecule has 1 rings (SSSR count). The van der Waals surface area contributed by atoms with Gasteiger partial charge in [-0.05, 0) is 13.5 Å². The van der Waals surface area contributed by atoms with Crippen LogP contribution in [0.2, 0.25) is 0 Å². The number of rotatable bonds is 5. The third kappa shape index (κ3) is 3.11. The molecule has 1 unspecified atom stereocenters. The van der Waals surface area contributed by atoms with Crippen LogP contribution >= 0.6 is 0 Å². The Hall–Kier alpha value is -0.960. The summed E-state index contributed by atoms with van der Waals surface area (Å²) in [5, 5.41) is 3.27. The van der Waals surface area contributed by atoms with Crippen molar-refractivity contribution in [1.82, 2.24) is 15.3 Å². The molecule has 0 fully saturated rings. The first-order valence-electron chi connectivity index (χ1n) is 4.80. The molecule has 0 aliphatic carbocycles. The van der Waals surface area contributed by atoms with E-state index in [1.165, 1.54) is 18.4 Å². The Labute approximate surface area is 79.6 Å². The Bertz CT molecular complexity index is 223. The lowest BCUT2D eigenvalue weighted by atomic mass is 10.0. The topological polar surface area (TPSA) is 37.8 Å². The van der Waals surface area contributed by atoms with Crippen molar-refractivity contribution in [3.8, 4) is 0 Å². The van der Waals surface area contributed by atoms with Crippen molar-refractivity contribution in [2.45, 2.75) is 32.2 Å². The van der Waals surface area contributed by atoms with E-state index in [-0.39, 0.29) is 0 Å². The van der Waals surface area contributed by atoms with Crippen molar-refractivity contribution in [3.63, 3.8) is 0 Å². The second-order valence-electron chi connectivity index (χ2n) is 3.16. The SMILES string of the molecule is CCCCC(NC)c1cncnc1. The van der Waals surface area contributed by atoms with Crippen molar-refractivity contribution in [3.05, 3.63) is 24.3 Å². The molecule has 1 N–H and O–H groups in total.